The van der Waals surface area contributed by atoms with Gasteiger partial charge in [0.25, 0.3) is 0 Å². The Morgan fingerprint density at radius 2 is 2.21 bits per heavy atom. The Balaban J connectivity index is 2.53. The summed E-state index contributed by atoms with van der Waals surface area (Å²) in [5, 5.41) is 7.35. The molecule has 5 nitrogen and oxygen atoms in total. The van der Waals surface area contributed by atoms with Gasteiger partial charge in [0.1, 0.15) is 5.82 Å². The van der Waals surface area contributed by atoms with Crippen molar-refractivity contribution in [3.63, 3.8) is 0 Å². The van der Waals surface area contributed by atoms with E-state index in [0.717, 1.165) is 11.5 Å². The Morgan fingerprint density at radius 1 is 1.43 bits per heavy atom. The van der Waals surface area contributed by atoms with E-state index in [2.05, 4.69) is 29.2 Å². The number of nitrogens with one attached hydrogen (secondary N) is 1. The number of aromatic nitrogens is 3. The molecule has 0 aliphatic heterocycles. The summed E-state index contributed by atoms with van der Waals surface area (Å²) in [6.07, 6.45) is 0. The number of pyridine rings is 1. The molecule has 0 saturated heterocycles. The summed E-state index contributed by atoms with van der Waals surface area (Å²) >= 11 is 0. The average Bonchev–Trinajstić information content (AvgIpc) is 2.45. The molecular formula is C9H13N5. The molecule has 0 atom stereocenters. The van der Waals surface area contributed by atoms with Gasteiger partial charge >= 0.3 is 0 Å². The van der Waals surface area contributed by atoms with Crippen LogP contribution in [0.25, 0.3) is 5.65 Å². The number of rotatable bonds is 2. The van der Waals surface area contributed by atoms with Crippen molar-refractivity contribution in [2.45, 2.75) is 19.9 Å². The van der Waals surface area contributed by atoms with Crippen LogP contribution in [0.15, 0.2) is 18.2 Å². The van der Waals surface area contributed by atoms with Gasteiger partial charge in [-0.2, -0.15) is 9.50 Å². The quantitative estimate of drug-likeness (QED) is 0.746. The first-order chi connectivity index (χ1) is 6.66. The SMILES string of the molecule is CC(C)Nc1cccc2nc(N)nn12. The molecule has 0 radical (unpaired) electrons. The van der Waals surface area contributed by atoms with Crippen LogP contribution in [-0.2, 0) is 0 Å². The highest BCUT2D eigenvalue weighted by Crippen LogP contribution is 2.11. The van der Waals surface area contributed by atoms with Crippen molar-refractivity contribution in [1.29, 1.82) is 0 Å². The van der Waals surface area contributed by atoms with Crippen LogP contribution in [0.4, 0.5) is 11.8 Å². The van der Waals surface area contributed by atoms with E-state index >= 15 is 0 Å². The van der Waals surface area contributed by atoms with Gasteiger partial charge in [-0.1, -0.05) is 6.07 Å². The fourth-order valence-corrected chi connectivity index (χ4v) is 1.33. The van der Waals surface area contributed by atoms with Gasteiger partial charge in [0.2, 0.25) is 5.95 Å². The second-order valence-corrected chi connectivity index (χ2v) is 3.45. The lowest BCUT2D eigenvalue weighted by Gasteiger charge is -2.10. The molecule has 0 aliphatic rings. The number of anilines is 2. The second kappa shape index (κ2) is 3.17. The molecule has 74 valence electrons. The van der Waals surface area contributed by atoms with Crippen LogP contribution in [0, 0.1) is 0 Å². The smallest absolute Gasteiger partial charge is 0.240 e. The number of hydrogen-bond acceptors (Lipinski definition) is 4. The summed E-state index contributed by atoms with van der Waals surface area (Å²) in [6.45, 7) is 4.14. The normalized spacial score (nSPS) is 11.1. The van der Waals surface area contributed by atoms with E-state index in [4.69, 9.17) is 5.73 Å². The van der Waals surface area contributed by atoms with E-state index in [1.54, 1.807) is 4.52 Å². The summed E-state index contributed by atoms with van der Waals surface area (Å²) in [6, 6.07) is 6.09. The van der Waals surface area contributed by atoms with Crippen molar-refractivity contribution >= 4 is 17.4 Å². The highest BCUT2D eigenvalue weighted by atomic mass is 15.4. The highest BCUT2D eigenvalue weighted by molar-refractivity contribution is 5.51. The molecule has 0 bridgehead atoms. The van der Waals surface area contributed by atoms with E-state index in [9.17, 15) is 0 Å². The maximum Gasteiger partial charge on any atom is 0.240 e. The third kappa shape index (κ3) is 1.48. The van der Waals surface area contributed by atoms with E-state index < -0.39 is 0 Å². The van der Waals surface area contributed by atoms with E-state index in [0.29, 0.717) is 12.0 Å². The maximum atomic E-state index is 5.52. The molecule has 2 aromatic rings. The molecule has 0 spiro atoms. The number of hydrogen-bond donors (Lipinski definition) is 2. The van der Waals surface area contributed by atoms with Gasteiger partial charge in [-0.15, -0.1) is 5.10 Å². The fraction of sp³-hybridized carbons (Fsp3) is 0.333. The molecule has 0 saturated carbocycles. The Hall–Kier alpha value is -1.78. The lowest BCUT2D eigenvalue weighted by Crippen LogP contribution is -2.13. The predicted octanol–water partition coefficient (Wildman–Crippen LogP) is 1.13. The molecule has 2 heterocycles. The van der Waals surface area contributed by atoms with Gasteiger partial charge in [0.15, 0.2) is 5.65 Å². The van der Waals surface area contributed by atoms with Crippen molar-refractivity contribution in [1.82, 2.24) is 14.6 Å². The standard InChI is InChI=1S/C9H13N5/c1-6(2)11-7-4-3-5-8-12-9(10)13-14(7)8/h3-6,11H,1-2H3,(H2,10,13). The van der Waals surface area contributed by atoms with Gasteiger partial charge < -0.3 is 11.1 Å². The second-order valence-electron chi connectivity index (χ2n) is 3.45. The third-order valence-corrected chi connectivity index (χ3v) is 1.81. The zero-order chi connectivity index (χ0) is 10.1. The topological polar surface area (TPSA) is 68.2 Å². The van der Waals surface area contributed by atoms with Crippen molar-refractivity contribution in [3.05, 3.63) is 18.2 Å². The van der Waals surface area contributed by atoms with Crippen molar-refractivity contribution in [2.24, 2.45) is 0 Å². The minimum Gasteiger partial charge on any atom is -0.368 e. The van der Waals surface area contributed by atoms with Crippen molar-refractivity contribution in [2.75, 3.05) is 11.1 Å². The zero-order valence-electron chi connectivity index (χ0n) is 8.23. The monoisotopic (exact) mass is 191 g/mol. The van der Waals surface area contributed by atoms with E-state index in [1.165, 1.54) is 0 Å². The summed E-state index contributed by atoms with van der Waals surface area (Å²) in [4.78, 5) is 4.07. The fourth-order valence-electron chi connectivity index (χ4n) is 1.33. The summed E-state index contributed by atoms with van der Waals surface area (Å²) in [7, 11) is 0. The molecule has 3 N–H and O–H groups in total. The number of nitrogens with two attached hydrogens (primary N) is 1. The Labute approximate surface area is 81.9 Å². The van der Waals surface area contributed by atoms with Crippen LogP contribution in [-0.4, -0.2) is 20.6 Å². The molecule has 2 rings (SSSR count). The summed E-state index contributed by atoms with van der Waals surface area (Å²) < 4.78 is 1.70. The maximum absolute atomic E-state index is 5.52. The highest BCUT2D eigenvalue weighted by Gasteiger charge is 2.04. The van der Waals surface area contributed by atoms with Crippen LogP contribution in [0.2, 0.25) is 0 Å². The molecule has 0 fully saturated rings. The van der Waals surface area contributed by atoms with Gasteiger partial charge in [-0.3, -0.25) is 0 Å². The Bertz CT molecular complexity index is 445. The van der Waals surface area contributed by atoms with Crippen molar-refractivity contribution in [3.8, 4) is 0 Å². The number of nitrogens with zero attached hydrogens (tertiary/aromatic N) is 3. The molecule has 0 amide bonds. The predicted molar refractivity (Wildman–Crippen MR) is 56.2 cm³/mol. The van der Waals surface area contributed by atoms with Gasteiger partial charge in [-0.05, 0) is 26.0 Å². The van der Waals surface area contributed by atoms with Gasteiger partial charge in [0, 0.05) is 6.04 Å². The molecule has 0 aliphatic carbocycles. The Kier molecular flexibility index (Phi) is 1.99. The lowest BCUT2D eigenvalue weighted by molar-refractivity contribution is 0.859. The van der Waals surface area contributed by atoms with Crippen LogP contribution >= 0.6 is 0 Å². The van der Waals surface area contributed by atoms with Crippen LogP contribution < -0.4 is 11.1 Å². The third-order valence-electron chi connectivity index (χ3n) is 1.81. The minimum absolute atomic E-state index is 0.294. The van der Waals surface area contributed by atoms with Crippen LogP contribution in [0.3, 0.4) is 0 Å². The molecule has 5 heteroatoms. The molecule has 2 aromatic heterocycles. The largest absolute Gasteiger partial charge is 0.368 e. The van der Waals surface area contributed by atoms with Crippen LogP contribution in [0.5, 0.6) is 0 Å². The van der Waals surface area contributed by atoms with Gasteiger partial charge in [0.05, 0.1) is 0 Å². The Morgan fingerprint density at radius 3 is 2.93 bits per heavy atom. The van der Waals surface area contributed by atoms with E-state index in [1.807, 2.05) is 18.2 Å². The first-order valence-corrected chi connectivity index (χ1v) is 4.54. The van der Waals surface area contributed by atoms with Gasteiger partial charge in [-0.25, -0.2) is 0 Å². The summed E-state index contributed by atoms with van der Waals surface area (Å²) in [5.74, 6) is 1.20. The van der Waals surface area contributed by atoms with E-state index in [-0.39, 0.29) is 0 Å². The molecule has 14 heavy (non-hydrogen) atoms. The number of fused-ring (bicyclic) bond motifs is 1. The minimum atomic E-state index is 0.294. The van der Waals surface area contributed by atoms with Crippen molar-refractivity contribution < 1.29 is 0 Å². The average molecular weight is 191 g/mol. The summed E-state index contributed by atoms with van der Waals surface area (Å²) in [5.41, 5.74) is 6.28. The lowest BCUT2D eigenvalue weighted by atomic mass is 10.3. The van der Waals surface area contributed by atoms with Crippen LogP contribution in [0.1, 0.15) is 13.8 Å². The zero-order valence-corrected chi connectivity index (χ0v) is 8.23. The first-order valence-electron chi connectivity index (χ1n) is 4.54. The molecular weight excluding hydrogens is 178 g/mol. The first kappa shape index (κ1) is 8.80. The molecule has 0 aromatic carbocycles. The molecule has 0 unspecified atom stereocenters. The number of nitrogen functional groups attached to an aromatic ring is 1.